The third kappa shape index (κ3) is 3.47. The van der Waals surface area contributed by atoms with Gasteiger partial charge in [0, 0.05) is 38.3 Å². The second-order valence-corrected chi connectivity index (χ2v) is 12.9. The molecule has 188 valence electrons. The predicted octanol–water partition coefficient (Wildman–Crippen LogP) is 10.2. The number of aromatic amines is 1. The molecule has 2 aromatic heterocycles. The van der Waals surface area contributed by atoms with Crippen LogP contribution in [0.4, 0.5) is 0 Å². The van der Waals surface area contributed by atoms with Gasteiger partial charge in [-0.3, -0.25) is 0 Å². The molecule has 2 heterocycles. The molecule has 1 N–H and O–H groups in total. The molecule has 38 heavy (non-hydrogen) atoms. The number of benzene rings is 5. The lowest BCUT2D eigenvalue weighted by molar-refractivity contribution is 0.568. The summed E-state index contributed by atoms with van der Waals surface area (Å²) in [6.45, 7) is 13.8. The van der Waals surface area contributed by atoms with Crippen molar-refractivity contribution >= 4 is 54.4 Å². The van der Waals surface area contributed by atoms with Gasteiger partial charge in [-0.25, -0.2) is 0 Å². The predicted molar refractivity (Wildman–Crippen MR) is 165 cm³/mol. The summed E-state index contributed by atoms with van der Waals surface area (Å²) in [6, 6.07) is 34.0. The first-order valence-electron chi connectivity index (χ1n) is 13.6. The number of para-hydroxylation sites is 1. The first kappa shape index (κ1) is 23.1. The van der Waals surface area contributed by atoms with Crippen molar-refractivity contribution in [2.45, 2.75) is 52.4 Å². The van der Waals surface area contributed by atoms with Crippen molar-refractivity contribution in [3.8, 4) is 5.69 Å². The molecule has 0 aliphatic carbocycles. The zero-order valence-electron chi connectivity index (χ0n) is 23.1. The van der Waals surface area contributed by atoms with Crippen LogP contribution in [0.5, 0.6) is 0 Å². The van der Waals surface area contributed by atoms with E-state index in [1.807, 2.05) is 0 Å². The second-order valence-electron chi connectivity index (χ2n) is 12.9. The minimum atomic E-state index is 0.0568. The summed E-state index contributed by atoms with van der Waals surface area (Å²) in [5.41, 5.74) is 8.92. The van der Waals surface area contributed by atoms with Crippen molar-refractivity contribution in [3.63, 3.8) is 0 Å². The lowest BCUT2D eigenvalue weighted by Gasteiger charge is -2.26. The number of rotatable bonds is 1. The second kappa shape index (κ2) is 7.74. The molecule has 0 saturated heterocycles. The van der Waals surface area contributed by atoms with Gasteiger partial charge in [-0.2, -0.15) is 0 Å². The van der Waals surface area contributed by atoms with E-state index in [2.05, 4.69) is 142 Å². The Labute approximate surface area is 223 Å². The van der Waals surface area contributed by atoms with Crippen LogP contribution in [0.25, 0.3) is 60.1 Å². The molecule has 2 heteroatoms. The zero-order valence-corrected chi connectivity index (χ0v) is 23.1. The summed E-state index contributed by atoms with van der Waals surface area (Å²) >= 11 is 0. The monoisotopic (exact) mass is 494 g/mol. The summed E-state index contributed by atoms with van der Waals surface area (Å²) in [5, 5.41) is 7.68. The highest BCUT2D eigenvalue weighted by Crippen LogP contribution is 2.39. The van der Waals surface area contributed by atoms with Crippen LogP contribution in [-0.4, -0.2) is 9.55 Å². The molecule has 0 aliphatic heterocycles. The van der Waals surface area contributed by atoms with Crippen molar-refractivity contribution in [1.82, 2.24) is 9.55 Å². The van der Waals surface area contributed by atoms with E-state index in [4.69, 9.17) is 0 Å². The number of hydrogen-bond acceptors (Lipinski definition) is 0. The van der Waals surface area contributed by atoms with E-state index in [1.165, 1.54) is 71.2 Å². The molecule has 0 unspecified atom stereocenters. The number of aromatic nitrogens is 2. The standard InChI is InChI=1S/C36H34N2/c1-35(2,3)24-17-25(36(4,5)6)19-26(18-24)38-33-14-10-9-13-27(33)30-20-29-28-15-22-11-7-8-12-23(22)16-31(28)37-32(29)21-34(30)38/h7-21,37H,1-6H3. The van der Waals surface area contributed by atoms with Gasteiger partial charge in [-0.05, 0) is 75.2 Å². The molecule has 7 aromatic rings. The minimum Gasteiger partial charge on any atom is -0.354 e. The summed E-state index contributed by atoms with van der Waals surface area (Å²) in [5.74, 6) is 0. The van der Waals surface area contributed by atoms with Gasteiger partial charge in [-0.15, -0.1) is 0 Å². The molecule has 2 nitrogen and oxygen atoms in total. The van der Waals surface area contributed by atoms with E-state index in [9.17, 15) is 0 Å². The molecule has 0 saturated carbocycles. The fourth-order valence-electron chi connectivity index (χ4n) is 5.94. The number of H-pyrrole nitrogens is 1. The Hall–Kier alpha value is -4.04. The topological polar surface area (TPSA) is 20.7 Å². The molecule has 0 bridgehead atoms. The molecule has 5 aromatic carbocycles. The Morgan fingerprint density at radius 3 is 1.76 bits per heavy atom. The van der Waals surface area contributed by atoms with E-state index < -0.39 is 0 Å². The average Bonchev–Trinajstić information content (AvgIpc) is 3.39. The van der Waals surface area contributed by atoms with Crippen LogP contribution in [0.15, 0.2) is 91.0 Å². The molecule has 0 amide bonds. The fourth-order valence-corrected chi connectivity index (χ4v) is 5.94. The highest BCUT2D eigenvalue weighted by Gasteiger charge is 2.23. The van der Waals surface area contributed by atoms with E-state index in [1.54, 1.807) is 0 Å². The van der Waals surface area contributed by atoms with Crippen LogP contribution in [0.3, 0.4) is 0 Å². The number of fused-ring (bicyclic) bond motifs is 7. The maximum Gasteiger partial charge on any atom is 0.0562 e. The first-order chi connectivity index (χ1) is 18.1. The zero-order chi connectivity index (χ0) is 26.4. The van der Waals surface area contributed by atoms with Crippen LogP contribution >= 0.6 is 0 Å². The Morgan fingerprint density at radius 2 is 1.08 bits per heavy atom. The molecule has 0 aliphatic rings. The number of hydrogen-bond donors (Lipinski definition) is 1. The van der Waals surface area contributed by atoms with Crippen LogP contribution in [-0.2, 0) is 10.8 Å². The molecular weight excluding hydrogens is 460 g/mol. The van der Waals surface area contributed by atoms with E-state index in [0.29, 0.717) is 0 Å². The van der Waals surface area contributed by atoms with Crippen molar-refractivity contribution in [1.29, 1.82) is 0 Å². The summed E-state index contributed by atoms with van der Waals surface area (Å²) in [4.78, 5) is 3.74. The van der Waals surface area contributed by atoms with Crippen molar-refractivity contribution in [2.75, 3.05) is 0 Å². The normalized spacial score (nSPS) is 13.0. The molecule has 0 atom stereocenters. The molecule has 7 rings (SSSR count). The molecule has 0 spiro atoms. The van der Waals surface area contributed by atoms with Crippen LogP contribution in [0, 0.1) is 0 Å². The van der Waals surface area contributed by atoms with Gasteiger partial charge in [0.2, 0.25) is 0 Å². The summed E-state index contributed by atoms with van der Waals surface area (Å²) in [6.07, 6.45) is 0. The number of nitrogens with zero attached hydrogens (tertiary/aromatic N) is 1. The fraction of sp³-hybridized carbons (Fsp3) is 0.222. The van der Waals surface area contributed by atoms with Gasteiger partial charge >= 0.3 is 0 Å². The highest BCUT2D eigenvalue weighted by atomic mass is 15.0. The van der Waals surface area contributed by atoms with Crippen molar-refractivity contribution in [2.24, 2.45) is 0 Å². The quantitative estimate of drug-likeness (QED) is 0.234. The minimum absolute atomic E-state index is 0.0568. The van der Waals surface area contributed by atoms with Gasteiger partial charge in [0.1, 0.15) is 0 Å². The third-order valence-corrected chi connectivity index (χ3v) is 8.17. The number of nitrogens with one attached hydrogen (secondary N) is 1. The summed E-state index contributed by atoms with van der Waals surface area (Å²) in [7, 11) is 0. The first-order valence-corrected chi connectivity index (χ1v) is 13.6. The van der Waals surface area contributed by atoms with Gasteiger partial charge < -0.3 is 9.55 Å². The van der Waals surface area contributed by atoms with Crippen LogP contribution in [0.2, 0.25) is 0 Å². The molecular formula is C36H34N2. The van der Waals surface area contributed by atoms with Gasteiger partial charge in [0.05, 0.1) is 11.0 Å². The Balaban J connectivity index is 1.60. The van der Waals surface area contributed by atoms with Gasteiger partial charge in [-0.1, -0.05) is 90.1 Å². The third-order valence-electron chi connectivity index (χ3n) is 8.17. The van der Waals surface area contributed by atoms with Crippen molar-refractivity contribution < 1.29 is 0 Å². The lowest BCUT2D eigenvalue weighted by Crippen LogP contribution is -2.17. The SMILES string of the molecule is CC(C)(C)c1cc(-n2c3ccccc3c3cc4c(cc32)[nH]c2cc3ccccc3cc24)cc(C(C)(C)C)c1. The van der Waals surface area contributed by atoms with Gasteiger partial charge in [0.25, 0.3) is 0 Å². The van der Waals surface area contributed by atoms with Gasteiger partial charge in [0.15, 0.2) is 0 Å². The van der Waals surface area contributed by atoms with E-state index in [0.717, 1.165) is 0 Å². The molecule has 0 radical (unpaired) electrons. The maximum atomic E-state index is 3.74. The van der Waals surface area contributed by atoms with Crippen LogP contribution in [0.1, 0.15) is 52.7 Å². The highest BCUT2D eigenvalue weighted by molar-refractivity contribution is 6.19. The van der Waals surface area contributed by atoms with E-state index >= 15 is 0 Å². The largest absolute Gasteiger partial charge is 0.354 e. The van der Waals surface area contributed by atoms with E-state index in [-0.39, 0.29) is 10.8 Å². The van der Waals surface area contributed by atoms with Crippen LogP contribution < -0.4 is 0 Å². The molecule has 0 fully saturated rings. The smallest absolute Gasteiger partial charge is 0.0562 e. The Morgan fingerprint density at radius 1 is 0.500 bits per heavy atom. The Kier molecular flexibility index (Phi) is 4.70. The Bertz CT molecular complexity index is 2000. The summed E-state index contributed by atoms with van der Waals surface area (Å²) < 4.78 is 2.47. The maximum absolute atomic E-state index is 3.74. The lowest BCUT2D eigenvalue weighted by atomic mass is 9.80. The van der Waals surface area contributed by atoms with Crippen molar-refractivity contribution in [3.05, 3.63) is 102 Å². The average molecular weight is 495 g/mol.